The van der Waals surface area contributed by atoms with E-state index in [1.54, 1.807) is 0 Å². The number of aromatic nitrogens is 1. The third-order valence-electron chi connectivity index (χ3n) is 4.22. The molecule has 142 valence electrons. The van der Waals surface area contributed by atoms with E-state index in [0.29, 0.717) is 26.2 Å². The van der Waals surface area contributed by atoms with Gasteiger partial charge in [0, 0.05) is 32.4 Å². The monoisotopic (exact) mass is 391 g/mol. The lowest BCUT2D eigenvalue weighted by Crippen LogP contribution is -2.44. The first-order valence-corrected chi connectivity index (χ1v) is 7.75. The van der Waals surface area contributed by atoms with Gasteiger partial charge in [-0.1, -0.05) is 0 Å². The molecule has 1 aromatic carbocycles. The number of hydrogen-bond acceptors (Lipinski definition) is 4. The lowest BCUT2D eigenvalue weighted by atomic mass is 10.1. The number of rotatable bonds is 4. The van der Waals surface area contributed by atoms with E-state index in [0.717, 1.165) is 16.8 Å². The minimum atomic E-state index is -1.54. The zero-order valence-corrected chi connectivity index (χ0v) is 14.4. The molecule has 0 saturated carbocycles. The second kappa shape index (κ2) is 7.96. The number of aryl methyl sites for hydroxylation is 1. The molecule has 0 unspecified atom stereocenters. The molecule has 0 radical (unpaired) electrons. The number of alkyl halides is 1. The van der Waals surface area contributed by atoms with Gasteiger partial charge in [0.15, 0.2) is 5.82 Å². The molecule has 2 heterocycles. The quantitative estimate of drug-likeness (QED) is 0.831. The van der Waals surface area contributed by atoms with E-state index in [-0.39, 0.29) is 30.2 Å². The number of carbonyl (C=O) groups is 1. The molecule has 26 heavy (non-hydrogen) atoms. The Morgan fingerprint density at radius 3 is 2.50 bits per heavy atom. The van der Waals surface area contributed by atoms with Gasteiger partial charge in [-0.2, -0.15) is 0 Å². The molecule has 1 aromatic heterocycles. The Bertz CT molecular complexity index is 898. The summed E-state index contributed by atoms with van der Waals surface area (Å²) in [7, 11) is 0. The first kappa shape index (κ1) is 20.1. The highest BCUT2D eigenvalue weighted by molar-refractivity contribution is 5.93. The summed E-state index contributed by atoms with van der Waals surface area (Å²) < 4.78 is 43.5. The van der Waals surface area contributed by atoms with Crippen molar-refractivity contribution in [2.75, 3.05) is 37.8 Å². The largest absolute Gasteiger partial charge is 0.477 e. The highest BCUT2D eigenvalue weighted by Crippen LogP contribution is 2.30. The molecule has 0 bridgehead atoms. The van der Waals surface area contributed by atoms with Crippen LogP contribution < -0.4 is 15.6 Å². The average Bonchev–Trinajstić information content (AvgIpc) is 2.58. The van der Waals surface area contributed by atoms with Crippen LogP contribution >= 0.6 is 12.4 Å². The number of anilines is 1. The molecule has 2 N–H and O–H groups in total. The first-order valence-electron chi connectivity index (χ1n) is 7.75. The van der Waals surface area contributed by atoms with Gasteiger partial charge in [0.25, 0.3) is 0 Å². The van der Waals surface area contributed by atoms with Gasteiger partial charge in [0.2, 0.25) is 5.43 Å². The fourth-order valence-corrected chi connectivity index (χ4v) is 3.07. The molecule has 10 heteroatoms. The van der Waals surface area contributed by atoms with Crippen molar-refractivity contribution >= 4 is 35.0 Å². The summed E-state index contributed by atoms with van der Waals surface area (Å²) in [6.07, 6.45) is 0.898. The maximum Gasteiger partial charge on any atom is 0.341 e. The van der Waals surface area contributed by atoms with Crippen LogP contribution in [-0.2, 0) is 6.54 Å². The van der Waals surface area contributed by atoms with Crippen LogP contribution in [0.15, 0.2) is 17.1 Å². The van der Waals surface area contributed by atoms with Crippen molar-refractivity contribution in [3.8, 4) is 0 Å². The Morgan fingerprint density at radius 2 is 1.92 bits per heavy atom. The number of nitrogens with zero attached hydrogens (tertiary/aromatic N) is 2. The third-order valence-corrected chi connectivity index (χ3v) is 4.22. The van der Waals surface area contributed by atoms with Crippen LogP contribution in [0.3, 0.4) is 0 Å². The normalized spacial score (nSPS) is 14.3. The SMILES string of the molecule is Cl.O=C(O)c1cn(CCF)c2c(F)c(N3CCNCC3)c(F)cc2c1=O. The first-order chi connectivity index (χ1) is 12.0. The van der Waals surface area contributed by atoms with Crippen LogP contribution in [0.4, 0.5) is 18.9 Å². The number of nitrogens with one attached hydrogen (secondary N) is 1. The Morgan fingerprint density at radius 1 is 1.27 bits per heavy atom. The molecular formula is C16H17ClF3N3O3. The van der Waals surface area contributed by atoms with Crippen molar-refractivity contribution in [1.82, 2.24) is 9.88 Å². The third kappa shape index (κ3) is 3.36. The standard InChI is InChI=1S/C16H16F3N3O3.ClH/c17-1-4-22-8-10(16(24)25)15(23)9-7-11(18)14(12(19)13(9)22)21-5-2-20-3-6-21;/h7-8,20H,1-6H2,(H,24,25);1H. The molecule has 1 fully saturated rings. The number of aromatic carboxylic acids is 1. The molecule has 3 rings (SSSR count). The fourth-order valence-electron chi connectivity index (χ4n) is 3.07. The maximum absolute atomic E-state index is 15.1. The summed E-state index contributed by atoms with van der Waals surface area (Å²) in [5, 5.41) is 11.8. The number of benzene rings is 1. The Hall–Kier alpha value is -2.26. The van der Waals surface area contributed by atoms with Gasteiger partial charge in [-0.25, -0.2) is 18.0 Å². The highest BCUT2D eigenvalue weighted by Gasteiger charge is 2.25. The van der Waals surface area contributed by atoms with Crippen molar-refractivity contribution in [1.29, 1.82) is 0 Å². The summed E-state index contributed by atoms with van der Waals surface area (Å²) >= 11 is 0. The minimum Gasteiger partial charge on any atom is -0.477 e. The summed E-state index contributed by atoms with van der Waals surface area (Å²) in [6.45, 7) is 0.607. The number of hydrogen-bond donors (Lipinski definition) is 2. The summed E-state index contributed by atoms with van der Waals surface area (Å²) in [5.74, 6) is -3.47. The Balaban J connectivity index is 0.00000243. The number of halogens is 4. The number of carboxylic acids is 1. The molecule has 0 amide bonds. The molecule has 0 atom stereocenters. The number of pyridine rings is 1. The second-order valence-corrected chi connectivity index (χ2v) is 5.71. The van der Waals surface area contributed by atoms with Gasteiger partial charge in [0.05, 0.1) is 17.4 Å². The molecular weight excluding hydrogens is 375 g/mol. The summed E-state index contributed by atoms with van der Waals surface area (Å²) in [6, 6.07) is 0.833. The van der Waals surface area contributed by atoms with Crippen LogP contribution in [0, 0.1) is 11.6 Å². The molecule has 0 spiro atoms. The number of piperazine rings is 1. The fraction of sp³-hybridized carbons (Fsp3) is 0.375. The van der Waals surface area contributed by atoms with Crippen LogP contribution in [0.5, 0.6) is 0 Å². The summed E-state index contributed by atoms with van der Waals surface area (Å²) in [5.41, 5.74) is -2.23. The van der Waals surface area contributed by atoms with Crippen LogP contribution in [-0.4, -0.2) is 48.5 Å². The number of fused-ring (bicyclic) bond motifs is 1. The van der Waals surface area contributed by atoms with E-state index in [1.165, 1.54) is 4.90 Å². The molecule has 1 aliphatic heterocycles. The lowest BCUT2D eigenvalue weighted by Gasteiger charge is -2.30. The van der Waals surface area contributed by atoms with E-state index < -0.39 is 40.7 Å². The lowest BCUT2D eigenvalue weighted by molar-refractivity contribution is 0.0694. The van der Waals surface area contributed by atoms with E-state index in [4.69, 9.17) is 5.11 Å². The van der Waals surface area contributed by atoms with Gasteiger partial charge < -0.3 is 19.9 Å². The van der Waals surface area contributed by atoms with E-state index in [1.807, 2.05) is 0 Å². The van der Waals surface area contributed by atoms with Gasteiger partial charge >= 0.3 is 5.97 Å². The van der Waals surface area contributed by atoms with E-state index in [9.17, 15) is 18.4 Å². The molecule has 0 aliphatic carbocycles. The minimum absolute atomic E-state index is 0. The van der Waals surface area contributed by atoms with E-state index >= 15 is 4.39 Å². The van der Waals surface area contributed by atoms with Crippen molar-refractivity contribution < 1.29 is 23.1 Å². The van der Waals surface area contributed by atoms with Crippen LogP contribution in [0.25, 0.3) is 10.9 Å². The summed E-state index contributed by atoms with van der Waals surface area (Å²) in [4.78, 5) is 25.0. The van der Waals surface area contributed by atoms with E-state index in [2.05, 4.69) is 5.32 Å². The maximum atomic E-state index is 15.1. The Labute approximate surface area is 152 Å². The van der Waals surface area contributed by atoms with Crippen molar-refractivity contribution in [2.24, 2.45) is 0 Å². The van der Waals surface area contributed by atoms with Gasteiger partial charge in [-0.3, -0.25) is 4.79 Å². The zero-order chi connectivity index (χ0) is 18.1. The molecule has 1 saturated heterocycles. The molecule has 1 aliphatic rings. The smallest absolute Gasteiger partial charge is 0.341 e. The van der Waals surface area contributed by atoms with Gasteiger partial charge in [-0.15, -0.1) is 12.4 Å². The number of carboxylic acid groups (broad SMARTS) is 1. The van der Waals surface area contributed by atoms with Gasteiger partial charge in [-0.05, 0) is 6.07 Å². The van der Waals surface area contributed by atoms with Crippen LogP contribution in [0.2, 0.25) is 0 Å². The van der Waals surface area contributed by atoms with Crippen molar-refractivity contribution in [3.63, 3.8) is 0 Å². The second-order valence-electron chi connectivity index (χ2n) is 5.71. The van der Waals surface area contributed by atoms with Crippen LogP contribution in [0.1, 0.15) is 10.4 Å². The molecule has 2 aromatic rings. The molecule has 6 nitrogen and oxygen atoms in total. The van der Waals surface area contributed by atoms with Crippen molar-refractivity contribution in [3.05, 3.63) is 39.7 Å². The average molecular weight is 392 g/mol. The highest BCUT2D eigenvalue weighted by atomic mass is 35.5. The predicted molar refractivity (Wildman–Crippen MR) is 93.4 cm³/mol. The van der Waals surface area contributed by atoms with Crippen molar-refractivity contribution in [2.45, 2.75) is 6.54 Å². The zero-order valence-electron chi connectivity index (χ0n) is 13.6. The predicted octanol–water partition coefficient (Wildman–Crippen LogP) is 1.78. The Kier molecular flexibility index (Phi) is 6.14. The topological polar surface area (TPSA) is 74.6 Å². The van der Waals surface area contributed by atoms with Gasteiger partial charge in [0.1, 0.15) is 23.7 Å².